The van der Waals surface area contributed by atoms with Crippen molar-refractivity contribution in [3.63, 3.8) is 0 Å². The lowest BCUT2D eigenvalue weighted by Crippen LogP contribution is -2.61. The number of primary amides is 1. The van der Waals surface area contributed by atoms with Crippen molar-refractivity contribution in [1.29, 1.82) is 0 Å². The van der Waals surface area contributed by atoms with Crippen molar-refractivity contribution in [1.82, 2.24) is 31.9 Å². The summed E-state index contributed by atoms with van der Waals surface area (Å²) < 4.78 is 39.2. The molecule has 0 aliphatic carbocycles. The van der Waals surface area contributed by atoms with Crippen molar-refractivity contribution < 1.29 is 46.7 Å². The minimum atomic E-state index is -5.25. The molecule has 0 spiro atoms. The Hall–Kier alpha value is -5.48. The predicted molar refractivity (Wildman–Crippen MR) is 211 cm³/mol. The van der Waals surface area contributed by atoms with Crippen LogP contribution in [-0.4, -0.2) is 83.8 Å². The monoisotopic (exact) mass is 817 g/mol. The van der Waals surface area contributed by atoms with Crippen molar-refractivity contribution in [3.8, 4) is 0 Å². The number of aryl methyl sites for hydroxylation is 1. The molecule has 14 nitrogen and oxygen atoms in total. The lowest BCUT2D eigenvalue weighted by atomic mass is 9.98. The zero-order valence-electron chi connectivity index (χ0n) is 34.2. The summed E-state index contributed by atoms with van der Waals surface area (Å²) in [5, 5.41) is 14.8. The van der Waals surface area contributed by atoms with Crippen molar-refractivity contribution in [3.05, 3.63) is 71.8 Å². The molecule has 2 rings (SSSR count). The van der Waals surface area contributed by atoms with Gasteiger partial charge >= 0.3 is 12.1 Å². The lowest BCUT2D eigenvalue weighted by Gasteiger charge is -2.30. The molecule has 0 saturated heterocycles. The lowest BCUT2D eigenvalue weighted by molar-refractivity contribution is -0.175. The van der Waals surface area contributed by atoms with Crippen molar-refractivity contribution in [2.75, 3.05) is 0 Å². The molecule has 0 bridgehead atoms. The number of alkyl halides is 3. The molecule has 17 heteroatoms. The fraction of sp³-hybridized carbons (Fsp3) is 0.537. The minimum absolute atomic E-state index is 0.0228. The van der Waals surface area contributed by atoms with Crippen LogP contribution in [0.3, 0.4) is 0 Å². The summed E-state index contributed by atoms with van der Waals surface area (Å²) in [6.07, 6.45) is -4.96. The van der Waals surface area contributed by atoms with E-state index in [0.29, 0.717) is 12.0 Å². The molecule has 6 atom stereocenters. The van der Waals surface area contributed by atoms with Crippen LogP contribution in [0, 0.1) is 23.7 Å². The van der Waals surface area contributed by atoms with Crippen molar-refractivity contribution in [2.45, 2.75) is 117 Å². The summed E-state index contributed by atoms with van der Waals surface area (Å²) in [6, 6.07) is 10.1. The Bertz CT molecular complexity index is 1710. The first kappa shape index (κ1) is 48.7. The SMILES string of the molecule is CC(C)[C@H](NC(=O)[C@@H](NC(=O)[C@H](Cc1ccccc1)NC(=O)[C@H](CCc1ccccc1)NC(=O)[C@@H](NC(=O)[C@@H](NC(=O)C(F)(F)F)C(C)C)C(C)C)C(C)C)C(N)=O. The van der Waals surface area contributed by atoms with E-state index in [1.165, 1.54) is 13.8 Å². The van der Waals surface area contributed by atoms with E-state index < -0.39 is 102 Å². The van der Waals surface area contributed by atoms with Crippen LogP contribution in [0.1, 0.15) is 72.9 Å². The summed E-state index contributed by atoms with van der Waals surface area (Å²) >= 11 is 0. The molecule has 320 valence electrons. The van der Waals surface area contributed by atoms with Crippen LogP contribution in [0.2, 0.25) is 0 Å². The third-order valence-electron chi connectivity index (χ3n) is 9.37. The van der Waals surface area contributed by atoms with E-state index in [2.05, 4.69) is 26.6 Å². The fourth-order valence-electron chi connectivity index (χ4n) is 5.95. The maximum atomic E-state index is 14.2. The van der Waals surface area contributed by atoms with Crippen LogP contribution < -0.4 is 37.6 Å². The second-order valence-corrected chi connectivity index (χ2v) is 15.6. The quantitative estimate of drug-likeness (QED) is 0.0998. The molecule has 8 N–H and O–H groups in total. The number of halogens is 3. The number of amides is 7. The highest BCUT2D eigenvalue weighted by Gasteiger charge is 2.42. The van der Waals surface area contributed by atoms with Crippen LogP contribution in [-0.2, 0) is 46.4 Å². The zero-order chi connectivity index (χ0) is 43.9. The topological polar surface area (TPSA) is 218 Å². The predicted octanol–water partition coefficient (Wildman–Crippen LogP) is 2.44. The van der Waals surface area contributed by atoms with E-state index in [4.69, 9.17) is 5.73 Å². The van der Waals surface area contributed by atoms with Crippen LogP contribution in [0.4, 0.5) is 13.2 Å². The number of carbonyl (C=O) groups is 7. The fourth-order valence-corrected chi connectivity index (χ4v) is 5.95. The molecule has 0 fully saturated rings. The summed E-state index contributed by atoms with van der Waals surface area (Å²) in [6.45, 7) is 12.8. The van der Waals surface area contributed by atoms with Gasteiger partial charge in [0.2, 0.25) is 35.4 Å². The molecule has 0 aliphatic rings. The molecule has 2 aromatic carbocycles. The molecular weight excluding hydrogens is 759 g/mol. The maximum Gasteiger partial charge on any atom is 0.471 e. The van der Waals surface area contributed by atoms with Gasteiger partial charge < -0.3 is 37.6 Å². The van der Waals surface area contributed by atoms with Gasteiger partial charge in [-0.3, -0.25) is 33.6 Å². The second kappa shape index (κ2) is 22.5. The number of hydrogen-bond acceptors (Lipinski definition) is 7. The zero-order valence-corrected chi connectivity index (χ0v) is 34.2. The summed E-state index contributed by atoms with van der Waals surface area (Å²) in [5.74, 6) is -9.32. The summed E-state index contributed by atoms with van der Waals surface area (Å²) in [7, 11) is 0. The third-order valence-corrected chi connectivity index (χ3v) is 9.37. The standard InChI is InChI=1S/C41H58F3N7O7/c1-22(2)30(34(45)52)48-38(56)32(24(5)6)49-36(54)29(21-27-17-13-10-14-18-27)47-35(53)28(20-19-26-15-11-9-12-16-26)46-37(55)31(23(3)4)50-39(57)33(25(7)8)51-40(58)41(42,43)44/h9-18,22-25,28-33H,19-21H2,1-8H3,(H2,45,52)(H,46,55)(H,47,53)(H,48,56)(H,49,54)(H,50,57)(H,51,58)/t28-,29-,30-,31-,32-,33-/m0/s1. The van der Waals surface area contributed by atoms with Crippen LogP contribution in [0.25, 0.3) is 0 Å². The highest BCUT2D eigenvalue weighted by molar-refractivity contribution is 5.97. The highest BCUT2D eigenvalue weighted by Crippen LogP contribution is 2.17. The number of hydrogen-bond donors (Lipinski definition) is 7. The van der Waals surface area contributed by atoms with Gasteiger partial charge in [-0.2, -0.15) is 13.2 Å². The molecule has 7 amide bonds. The second-order valence-electron chi connectivity index (χ2n) is 15.6. The molecule has 0 aromatic heterocycles. The number of nitrogens with two attached hydrogens (primary N) is 1. The molecule has 0 aliphatic heterocycles. The van der Waals surface area contributed by atoms with Gasteiger partial charge in [-0.15, -0.1) is 0 Å². The smallest absolute Gasteiger partial charge is 0.368 e. The van der Waals surface area contributed by atoms with E-state index in [1.54, 1.807) is 95.4 Å². The van der Waals surface area contributed by atoms with Crippen LogP contribution in [0.15, 0.2) is 60.7 Å². The van der Waals surface area contributed by atoms with Gasteiger partial charge in [0.15, 0.2) is 0 Å². The molecule has 0 heterocycles. The molecule has 2 aromatic rings. The number of nitrogens with one attached hydrogen (secondary N) is 6. The molecule has 58 heavy (non-hydrogen) atoms. The highest BCUT2D eigenvalue weighted by atomic mass is 19.4. The maximum absolute atomic E-state index is 14.2. The van der Waals surface area contributed by atoms with E-state index >= 15 is 0 Å². The van der Waals surface area contributed by atoms with Gasteiger partial charge in [0, 0.05) is 6.42 Å². The normalized spacial score (nSPS) is 14.7. The molecule has 0 radical (unpaired) electrons. The molecular formula is C41H58F3N7O7. The average Bonchev–Trinajstić information content (AvgIpc) is 3.14. The van der Waals surface area contributed by atoms with Gasteiger partial charge in [-0.05, 0) is 47.6 Å². The largest absolute Gasteiger partial charge is 0.471 e. The molecule has 0 unspecified atom stereocenters. The first-order valence-electron chi connectivity index (χ1n) is 19.3. The first-order valence-corrected chi connectivity index (χ1v) is 19.3. The van der Waals surface area contributed by atoms with Crippen LogP contribution >= 0.6 is 0 Å². The number of rotatable bonds is 21. The Morgan fingerprint density at radius 3 is 1.29 bits per heavy atom. The van der Waals surface area contributed by atoms with E-state index in [9.17, 15) is 46.7 Å². The van der Waals surface area contributed by atoms with Crippen molar-refractivity contribution >= 4 is 41.4 Å². The van der Waals surface area contributed by atoms with Crippen LogP contribution in [0.5, 0.6) is 0 Å². The third kappa shape index (κ3) is 15.5. The summed E-state index contributed by atoms with van der Waals surface area (Å²) in [4.78, 5) is 92.5. The van der Waals surface area contributed by atoms with E-state index in [1.807, 2.05) is 12.1 Å². The molecule has 0 saturated carbocycles. The average molecular weight is 818 g/mol. The van der Waals surface area contributed by atoms with Gasteiger partial charge in [-0.25, -0.2) is 0 Å². The van der Waals surface area contributed by atoms with Gasteiger partial charge in [-0.1, -0.05) is 116 Å². The van der Waals surface area contributed by atoms with Gasteiger partial charge in [0.25, 0.3) is 0 Å². The summed E-state index contributed by atoms with van der Waals surface area (Å²) in [5.41, 5.74) is 6.98. The Morgan fingerprint density at radius 1 is 0.500 bits per heavy atom. The Labute approximate surface area is 337 Å². The number of carbonyl (C=O) groups excluding carboxylic acids is 7. The Morgan fingerprint density at radius 2 is 0.862 bits per heavy atom. The minimum Gasteiger partial charge on any atom is -0.368 e. The van der Waals surface area contributed by atoms with E-state index in [0.717, 1.165) is 5.56 Å². The Balaban J connectivity index is 2.45. The van der Waals surface area contributed by atoms with Crippen molar-refractivity contribution in [2.24, 2.45) is 29.4 Å². The van der Waals surface area contributed by atoms with E-state index in [-0.39, 0.29) is 18.8 Å². The van der Waals surface area contributed by atoms with Gasteiger partial charge in [0.05, 0.1) is 0 Å². The van der Waals surface area contributed by atoms with Gasteiger partial charge in [0.1, 0.15) is 36.3 Å². The number of benzene rings is 2. The first-order chi connectivity index (χ1) is 27.0. The Kier molecular flexibility index (Phi) is 18.8.